The van der Waals surface area contributed by atoms with Crippen LogP contribution in [0.1, 0.15) is 44.9 Å². The molecule has 1 saturated carbocycles. The van der Waals surface area contributed by atoms with Crippen molar-refractivity contribution in [2.75, 3.05) is 31.7 Å². The Bertz CT molecular complexity index is 288. The van der Waals surface area contributed by atoms with Gasteiger partial charge in [-0.2, -0.15) is 11.8 Å². The third-order valence-electron chi connectivity index (χ3n) is 5.64. The summed E-state index contributed by atoms with van der Waals surface area (Å²) in [6.07, 6.45) is 9.81. The molecule has 0 aromatic rings. The predicted molar refractivity (Wildman–Crippen MR) is 82.7 cm³/mol. The average molecular weight is 283 g/mol. The van der Waals surface area contributed by atoms with E-state index < -0.39 is 0 Å². The first-order valence-electron chi connectivity index (χ1n) is 8.19. The molecular formula is C16H29NOS. The second kappa shape index (κ2) is 6.36. The summed E-state index contributed by atoms with van der Waals surface area (Å²) >= 11 is 2.10. The molecule has 0 bridgehead atoms. The molecule has 1 N–H and O–H groups in total. The van der Waals surface area contributed by atoms with Crippen molar-refractivity contribution in [3.05, 3.63) is 0 Å². The van der Waals surface area contributed by atoms with Gasteiger partial charge < -0.3 is 10.1 Å². The van der Waals surface area contributed by atoms with Gasteiger partial charge in [-0.25, -0.2) is 0 Å². The molecule has 2 aliphatic heterocycles. The summed E-state index contributed by atoms with van der Waals surface area (Å²) in [5.74, 6) is 5.40. The first kappa shape index (κ1) is 14.2. The Morgan fingerprint density at radius 1 is 1.26 bits per heavy atom. The Labute approximate surface area is 122 Å². The maximum absolute atomic E-state index is 6.21. The summed E-state index contributed by atoms with van der Waals surface area (Å²) in [4.78, 5) is 0. The van der Waals surface area contributed by atoms with Crippen molar-refractivity contribution in [1.29, 1.82) is 0 Å². The normalized spacial score (nSPS) is 43.7. The highest BCUT2D eigenvalue weighted by Gasteiger charge is 2.44. The molecule has 2 nitrogen and oxygen atoms in total. The van der Waals surface area contributed by atoms with Crippen LogP contribution in [-0.2, 0) is 4.74 Å². The summed E-state index contributed by atoms with van der Waals surface area (Å²) in [5.41, 5.74) is 0.273. The zero-order valence-corrected chi connectivity index (χ0v) is 13.1. The third-order valence-corrected chi connectivity index (χ3v) is 6.86. The van der Waals surface area contributed by atoms with E-state index in [4.69, 9.17) is 4.74 Å². The highest BCUT2D eigenvalue weighted by molar-refractivity contribution is 7.99. The maximum atomic E-state index is 6.21. The summed E-state index contributed by atoms with van der Waals surface area (Å²) in [6, 6.07) is 0. The maximum Gasteiger partial charge on any atom is 0.0783 e. The lowest BCUT2D eigenvalue weighted by Crippen LogP contribution is -2.44. The number of hydrogen-bond acceptors (Lipinski definition) is 3. The van der Waals surface area contributed by atoms with Crippen LogP contribution in [0.15, 0.2) is 0 Å². The highest BCUT2D eigenvalue weighted by Crippen LogP contribution is 2.46. The zero-order chi connectivity index (χ0) is 13.1. The largest absolute Gasteiger partial charge is 0.374 e. The van der Waals surface area contributed by atoms with E-state index in [9.17, 15) is 0 Å². The van der Waals surface area contributed by atoms with Gasteiger partial charge >= 0.3 is 0 Å². The highest BCUT2D eigenvalue weighted by atomic mass is 32.2. The molecule has 0 aromatic carbocycles. The number of hydrogen-bond donors (Lipinski definition) is 1. The van der Waals surface area contributed by atoms with E-state index in [1.165, 1.54) is 63.0 Å². The number of ether oxygens (including phenoxy) is 1. The molecule has 19 heavy (non-hydrogen) atoms. The van der Waals surface area contributed by atoms with Crippen molar-refractivity contribution >= 4 is 11.8 Å². The van der Waals surface area contributed by atoms with E-state index in [1.807, 2.05) is 0 Å². The minimum atomic E-state index is 0.273. The fraction of sp³-hybridized carbons (Fsp3) is 1.00. The van der Waals surface area contributed by atoms with Gasteiger partial charge in [-0.15, -0.1) is 0 Å². The van der Waals surface area contributed by atoms with E-state index >= 15 is 0 Å². The Morgan fingerprint density at radius 2 is 2.16 bits per heavy atom. The fourth-order valence-corrected chi connectivity index (χ4v) is 6.05. The Balaban J connectivity index is 1.65. The summed E-state index contributed by atoms with van der Waals surface area (Å²) in [5, 5.41) is 3.43. The predicted octanol–water partition coefficient (Wildman–Crippen LogP) is 3.31. The van der Waals surface area contributed by atoms with Gasteiger partial charge in [0.1, 0.15) is 0 Å². The topological polar surface area (TPSA) is 21.3 Å². The molecule has 0 radical (unpaired) electrons. The Morgan fingerprint density at radius 3 is 2.95 bits per heavy atom. The average Bonchev–Trinajstić information content (AvgIpc) is 2.88. The molecule has 3 rings (SSSR count). The number of thioether (sulfide) groups is 1. The van der Waals surface area contributed by atoms with Crippen LogP contribution in [0.3, 0.4) is 0 Å². The minimum absolute atomic E-state index is 0.273. The molecular weight excluding hydrogens is 254 g/mol. The third kappa shape index (κ3) is 3.14. The SMILES string of the molecule is CNCC1CCCCC1C1CCOC2(CCSC2)C1. The fourth-order valence-electron chi connectivity index (χ4n) is 4.67. The van der Waals surface area contributed by atoms with Crippen LogP contribution in [0.4, 0.5) is 0 Å². The van der Waals surface area contributed by atoms with Gasteiger partial charge in [0.05, 0.1) is 5.60 Å². The molecule has 3 heteroatoms. The first-order chi connectivity index (χ1) is 9.33. The molecule has 3 fully saturated rings. The van der Waals surface area contributed by atoms with Gasteiger partial charge in [-0.1, -0.05) is 12.8 Å². The van der Waals surface area contributed by atoms with Gasteiger partial charge in [0, 0.05) is 12.4 Å². The van der Waals surface area contributed by atoms with Crippen LogP contribution in [-0.4, -0.2) is 37.3 Å². The van der Waals surface area contributed by atoms with Gasteiger partial charge in [-0.05, 0) is 69.2 Å². The minimum Gasteiger partial charge on any atom is -0.374 e. The van der Waals surface area contributed by atoms with Gasteiger partial charge in [-0.3, -0.25) is 0 Å². The van der Waals surface area contributed by atoms with Crippen LogP contribution in [0.25, 0.3) is 0 Å². The molecule has 3 aliphatic rings. The lowest BCUT2D eigenvalue weighted by atomic mass is 9.67. The smallest absolute Gasteiger partial charge is 0.0783 e. The van der Waals surface area contributed by atoms with Crippen molar-refractivity contribution in [3.63, 3.8) is 0 Å². The van der Waals surface area contributed by atoms with Crippen molar-refractivity contribution in [2.45, 2.75) is 50.5 Å². The first-order valence-corrected chi connectivity index (χ1v) is 9.35. The zero-order valence-electron chi connectivity index (χ0n) is 12.3. The molecule has 0 amide bonds. The van der Waals surface area contributed by atoms with Crippen LogP contribution < -0.4 is 5.32 Å². The molecule has 4 unspecified atom stereocenters. The summed E-state index contributed by atoms with van der Waals surface area (Å²) in [6.45, 7) is 2.25. The van der Waals surface area contributed by atoms with Gasteiger partial charge in [0.2, 0.25) is 0 Å². The van der Waals surface area contributed by atoms with Crippen molar-refractivity contribution < 1.29 is 4.74 Å². The molecule has 1 aliphatic carbocycles. The van der Waals surface area contributed by atoms with E-state index in [-0.39, 0.29) is 5.60 Å². The molecule has 110 valence electrons. The van der Waals surface area contributed by atoms with E-state index in [0.29, 0.717) is 0 Å². The van der Waals surface area contributed by atoms with Crippen LogP contribution in [0.2, 0.25) is 0 Å². The molecule has 2 heterocycles. The number of rotatable bonds is 3. The molecule has 4 atom stereocenters. The van der Waals surface area contributed by atoms with Crippen LogP contribution in [0, 0.1) is 17.8 Å². The molecule has 1 spiro atoms. The second-order valence-corrected chi connectivity index (χ2v) is 7.96. The van der Waals surface area contributed by atoms with Crippen molar-refractivity contribution in [2.24, 2.45) is 17.8 Å². The standard InChI is InChI=1S/C16H29NOS/c1-17-11-14-4-2-3-5-15(14)13-6-8-18-16(10-13)7-9-19-12-16/h13-15,17H,2-12H2,1H3. The Hall–Kier alpha value is 0.270. The van der Waals surface area contributed by atoms with Crippen LogP contribution >= 0.6 is 11.8 Å². The summed E-state index contributed by atoms with van der Waals surface area (Å²) < 4.78 is 6.21. The van der Waals surface area contributed by atoms with Gasteiger partial charge in [0.25, 0.3) is 0 Å². The molecule has 2 saturated heterocycles. The van der Waals surface area contributed by atoms with E-state index in [2.05, 4.69) is 24.1 Å². The van der Waals surface area contributed by atoms with Gasteiger partial charge in [0.15, 0.2) is 0 Å². The monoisotopic (exact) mass is 283 g/mol. The summed E-state index contributed by atoms with van der Waals surface area (Å²) in [7, 11) is 2.12. The Kier molecular flexibility index (Phi) is 4.76. The lowest BCUT2D eigenvalue weighted by Gasteiger charge is -2.44. The quantitative estimate of drug-likeness (QED) is 0.858. The van der Waals surface area contributed by atoms with E-state index in [0.717, 1.165) is 24.4 Å². The van der Waals surface area contributed by atoms with Crippen molar-refractivity contribution in [1.82, 2.24) is 5.32 Å². The van der Waals surface area contributed by atoms with Crippen molar-refractivity contribution in [3.8, 4) is 0 Å². The second-order valence-electron chi connectivity index (χ2n) is 6.85. The van der Waals surface area contributed by atoms with Crippen LogP contribution in [0.5, 0.6) is 0 Å². The number of nitrogens with one attached hydrogen (secondary N) is 1. The lowest BCUT2D eigenvalue weighted by molar-refractivity contribution is -0.0965. The van der Waals surface area contributed by atoms with E-state index in [1.54, 1.807) is 0 Å². The molecule has 0 aromatic heterocycles.